The number of rotatable bonds is 7. The molecule has 29 heavy (non-hydrogen) atoms. The molecule has 1 aliphatic rings. The van der Waals surface area contributed by atoms with Gasteiger partial charge in [0.2, 0.25) is 10.0 Å². The van der Waals surface area contributed by atoms with E-state index in [1.807, 2.05) is 0 Å². The Morgan fingerprint density at radius 2 is 1.62 bits per heavy atom. The van der Waals surface area contributed by atoms with E-state index in [4.69, 9.17) is 9.47 Å². The van der Waals surface area contributed by atoms with E-state index in [1.54, 1.807) is 42.5 Å². The first kappa shape index (κ1) is 21.1. The molecular formula is C21H26N2O5S. The van der Waals surface area contributed by atoms with Gasteiger partial charge in [-0.1, -0.05) is 24.6 Å². The Balaban J connectivity index is 1.79. The number of nitrogens with zero attached hydrogens (tertiary/aromatic N) is 1. The van der Waals surface area contributed by atoms with Crippen LogP contribution >= 0.6 is 0 Å². The molecule has 0 unspecified atom stereocenters. The van der Waals surface area contributed by atoms with Crippen molar-refractivity contribution in [1.29, 1.82) is 0 Å². The molecule has 0 saturated carbocycles. The minimum atomic E-state index is -3.58. The lowest BCUT2D eigenvalue weighted by molar-refractivity contribution is 0.0949. The van der Waals surface area contributed by atoms with Crippen molar-refractivity contribution >= 4 is 15.9 Å². The number of hydrogen-bond donors (Lipinski definition) is 1. The lowest BCUT2D eigenvalue weighted by atomic mass is 10.1. The van der Waals surface area contributed by atoms with E-state index in [0.717, 1.165) is 19.3 Å². The van der Waals surface area contributed by atoms with Crippen LogP contribution in [0.2, 0.25) is 0 Å². The number of methoxy groups -OCH3 is 2. The van der Waals surface area contributed by atoms with Gasteiger partial charge in [0.1, 0.15) is 11.5 Å². The summed E-state index contributed by atoms with van der Waals surface area (Å²) < 4.78 is 38.1. The van der Waals surface area contributed by atoms with Gasteiger partial charge < -0.3 is 14.8 Å². The number of ether oxygens (including phenoxy) is 2. The van der Waals surface area contributed by atoms with Crippen LogP contribution in [0.25, 0.3) is 0 Å². The number of carbonyl (C=O) groups is 1. The number of nitrogens with one attached hydrogen (secondary N) is 1. The van der Waals surface area contributed by atoms with Gasteiger partial charge in [-0.3, -0.25) is 4.79 Å². The fourth-order valence-electron chi connectivity index (χ4n) is 3.36. The van der Waals surface area contributed by atoms with E-state index in [2.05, 4.69) is 5.32 Å². The van der Waals surface area contributed by atoms with E-state index in [0.29, 0.717) is 35.7 Å². The number of benzene rings is 2. The highest BCUT2D eigenvalue weighted by molar-refractivity contribution is 7.89. The lowest BCUT2D eigenvalue weighted by Gasteiger charge is -2.26. The van der Waals surface area contributed by atoms with Crippen molar-refractivity contribution in [2.24, 2.45) is 0 Å². The van der Waals surface area contributed by atoms with Crippen molar-refractivity contribution in [2.45, 2.75) is 30.7 Å². The molecule has 1 aliphatic heterocycles. The van der Waals surface area contributed by atoms with Crippen LogP contribution in [0, 0.1) is 0 Å². The standard InChI is InChI=1S/C21H26N2O5S/c1-27-18-12-17(13-19(14-18)28-2)21(24)22-15-16-8-4-5-9-20(16)29(25,26)23-10-6-3-7-11-23/h4-5,8-9,12-14H,3,6-7,10-11,15H2,1-2H3,(H,22,24). The van der Waals surface area contributed by atoms with Crippen molar-refractivity contribution < 1.29 is 22.7 Å². The molecule has 0 bridgehead atoms. The van der Waals surface area contributed by atoms with Crippen molar-refractivity contribution in [3.05, 3.63) is 53.6 Å². The summed E-state index contributed by atoms with van der Waals surface area (Å²) in [5.74, 6) is 0.664. The van der Waals surface area contributed by atoms with Gasteiger partial charge in [0.05, 0.1) is 19.1 Å². The van der Waals surface area contributed by atoms with Gasteiger partial charge in [0.15, 0.2) is 0 Å². The second-order valence-electron chi connectivity index (χ2n) is 6.86. The van der Waals surface area contributed by atoms with Gasteiger partial charge in [0, 0.05) is 31.3 Å². The molecule has 0 atom stereocenters. The molecule has 2 aromatic carbocycles. The highest BCUT2D eigenvalue weighted by Crippen LogP contribution is 2.25. The summed E-state index contributed by atoms with van der Waals surface area (Å²) >= 11 is 0. The Hall–Kier alpha value is -2.58. The molecule has 0 spiro atoms. The molecule has 1 fully saturated rings. The quantitative estimate of drug-likeness (QED) is 0.747. The minimum absolute atomic E-state index is 0.0988. The maximum Gasteiger partial charge on any atom is 0.251 e. The Labute approximate surface area is 171 Å². The SMILES string of the molecule is COc1cc(OC)cc(C(=O)NCc2ccccc2S(=O)(=O)N2CCCCC2)c1. The molecule has 1 amide bonds. The first-order valence-corrected chi connectivity index (χ1v) is 11.0. The smallest absolute Gasteiger partial charge is 0.251 e. The van der Waals surface area contributed by atoms with E-state index >= 15 is 0 Å². The summed E-state index contributed by atoms with van der Waals surface area (Å²) in [6, 6.07) is 11.7. The van der Waals surface area contributed by atoms with Crippen LogP contribution in [0.5, 0.6) is 11.5 Å². The summed E-state index contributed by atoms with van der Waals surface area (Å²) in [6.45, 7) is 1.17. The third-order valence-corrected chi connectivity index (χ3v) is 6.96. The molecule has 2 aromatic rings. The van der Waals surface area contributed by atoms with Crippen molar-refractivity contribution in [3.63, 3.8) is 0 Å². The summed E-state index contributed by atoms with van der Waals surface area (Å²) in [6.07, 6.45) is 2.79. The van der Waals surface area contributed by atoms with E-state index in [9.17, 15) is 13.2 Å². The van der Waals surface area contributed by atoms with Crippen LogP contribution in [0.15, 0.2) is 47.4 Å². The number of sulfonamides is 1. The zero-order chi connectivity index (χ0) is 20.9. The molecular weight excluding hydrogens is 392 g/mol. The summed E-state index contributed by atoms with van der Waals surface area (Å²) in [7, 11) is -0.560. The van der Waals surface area contributed by atoms with E-state index < -0.39 is 10.0 Å². The van der Waals surface area contributed by atoms with Gasteiger partial charge in [-0.15, -0.1) is 0 Å². The molecule has 156 valence electrons. The zero-order valence-corrected chi connectivity index (χ0v) is 17.5. The molecule has 3 rings (SSSR count). The molecule has 1 saturated heterocycles. The zero-order valence-electron chi connectivity index (χ0n) is 16.7. The van der Waals surface area contributed by atoms with E-state index in [1.165, 1.54) is 18.5 Å². The van der Waals surface area contributed by atoms with Gasteiger partial charge in [0.25, 0.3) is 5.91 Å². The van der Waals surface area contributed by atoms with E-state index in [-0.39, 0.29) is 17.3 Å². The molecule has 7 nitrogen and oxygen atoms in total. The monoisotopic (exact) mass is 418 g/mol. The average Bonchev–Trinajstić information content (AvgIpc) is 2.77. The Bertz CT molecular complexity index is 947. The number of hydrogen-bond acceptors (Lipinski definition) is 5. The lowest BCUT2D eigenvalue weighted by Crippen LogP contribution is -2.36. The van der Waals surface area contributed by atoms with Crippen LogP contribution in [0.1, 0.15) is 35.2 Å². The van der Waals surface area contributed by atoms with Crippen molar-refractivity contribution in [2.75, 3.05) is 27.3 Å². The normalized spacial score (nSPS) is 15.0. The fraction of sp³-hybridized carbons (Fsp3) is 0.381. The number of amides is 1. The second kappa shape index (κ2) is 9.28. The van der Waals surface area contributed by atoms with Gasteiger partial charge >= 0.3 is 0 Å². The highest BCUT2D eigenvalue weighted by Gasteiger charge is 2.28. The second-order valence-corrected chi connectivity index (χ2v) is 8.76. The molecule has 8 heteroatoms. The minimum Gasteiger partial charge on any atom is -0.497 e. The summed E-state index contributed by atoms with van der Waals surface area (Å²) in [5.41, 5.74) is 0.929. The van der Waals surface area contributed by atoms with Gasteiger partial charge in [-0.2, -0.15) is 4.31 Å². The molecule has 1 heterocycles. The van der Waals surface area contributed by atoms with Crippen molar-refractivity contribution in [1.82, 2.24) is 9.62 Å². The van der Waals surface area contributed by atoms with Crippen molar-refractivity contribution in [3.8, 4) is 11.5 Å². The average molecular weight is 419 g/mol. The summed E-state index contributed by atoms with van der Waals surface area (Å²) in [5, 5.41) is 2.80. The van der Waals surface area contributed by atoms with Crippen LogP contribution in [0.3, 0.4) is 0 Å². The number of piperidine rings is 1. The molecule has 0 aliphatic carbocycles. The summed E-state index contributed by atoms with van der Waals surface area (Å²) in [4.78, 5) is 12.9. The van der Waals surface area contributed by atoms with Crippen LogP contribution in [0.4, 0.5) is 0 Å². The Morgan fingerprint density at radius 3 is 2.24 bits per heavy atom. The Kier molecular flexibility index (Phi) is 6.76. The number of carbonyl (C=O) groups excluding carboxylic acids is 1. The van der Waals surface area contributed by atoms with Gasteiger partial charge in [-0.05, 0) is 36.6 Å². The maximum atomic E-state index is 13.1. The topological polar surface area (TPSA) is 84.9 Å². The highest BCUT2D eigenvalue weighted by atomic mass is 32.2. The third kappa shape index (κ3) is 4.89. The predicted octanol–water partition coefficient (Wildman–Crippen LogP) is 2.81. The maximum absolute atomic E-state index is 13.1. The predicted molar refractivity (Wildman–Crippen MR) is 110 cm³/mol. The molecule has 1 N–H and O–H groups in total. The first-order chi connectivity index (χ1) is 14.0. The third-order valence-electron chi connectivity index (χ3n) is 4.96. The van der Waals surface area contributed by atoms with Crippen LogP contribution in [-0.4, -0.2) is 45.9 Å². The molecule has 0 radical (unpaired) electrons. The van der Waals surface area contributed by atoms with Crippen LogP contribution in [-0.2, 0) is 16.6 Å². The fourth-order valence-corrected chi connectivity index (χ4v) is 5.10. The molecule has 0 aromatic heterocycles. The van der Waals surface area contributed by atoms with Gasteiger partial charge in [-0.25, -0.2) is 8.42 Å². The Morgan fingerprint density at radius 1 is 1.00 bits per heavy atom. The van der Waals surface area contributed by atoms with Crippen LogP contribution < -0.4 is 14.8 Å². The first-order valence-electron chi connectivity index (χ1n) is 9.55. The largest absolute Gasteiger partial charge is 0.497 e.